The Bertz CT molecular complexity index is 790. The summed E-state index contributed by atoms with van der Waals surface area (Å²) in [5, 5.41) is 8.79. The van der Waals surface area contributed by atoms with Crippen LogP contribution in [0.25, 0.3) is 0 Å². The predicted octanol–water partition coefficient (Wildman–Crippen LogP) is 4.73. The topological polar surface area (TPSA) is 44.1 Å². The minimum Gasteiger partial charge on any atom is -0.341 e. The molecule has 0 spiro atoms. The lowest BCUT2D eigenvalue weighted by atomic mass is 9.96. The minimum atomic E-state index is -4.36. The van der Waals surface area contributed by atoms with Gasteiger partial charge in [-0.3, -0.25) is 4.79 Å². The molecule has 0 fully saturated rings. The van der Waals surface area contributed by atoms with Gasteiger partial charge in [-0.25, -0.2) is 0 Å². The molecular weight excluding hydrogens is 341 g/mol. The maximum atomic E-state index is 12.6. The number of rotatable bonds is 5. The monoisotopic (exact) mass is 360 g/mol. The molecule has 0 aliphatic rings. The molecule has 2 aromatic carbocycles. The summed E-state index contributed by atoms with van der Waals surface area (Å²) in [6, 6.07) is 13.9. The maximum absolute atomic E-state index is 12.6. The van der Waals surface area contributed by atoms with E-state index in [1.54, 1.807) is 36.2 Å². The van der Waals surface area contributed by atoms with Gasteiger partial charge in [-0.15, -0.1) is 0 Å². The van der Waals surface area contributed by atoms with E-state index >= 15 is 0 Å². The lowest BCUT2D eigenvalue weighted by Gasteiger charge is -2.20. The molecule has 1 amide bonds. The fourth-order valence-electron chi connectivity index (χ4n) is 2.58. The van der Waals surface area contributed by atoms with Crippen LogP contribution in [-0.2, 0) is 17.5 Å². The molecule has 3 nitrogen and oxygen atoms in total. The van der Waals surface area contributed by atoms with Crippen molar-refractivity contribution in [3.63, 3.8) is 0 Å². The highest BCUT2D eigenvalue weighted by atomic mass is 19.4. The lowest BCUT2D eigenvalue weighted by molar-refractivity contribution is -0.137. The van der Waals surface area contributed by atoms with Crippen LogP contribution in [0.1, 0.15) is 41.5 Å². The number of carbonyl (C=O) groups excluding carboxylic acids is 1. The van der Waals surface area contributed by atoms with Crippen LogP contribution >= 0.6 is 0 Å². The van der Waals surface area contributed by atoms with Gasteiger partial charge in [-0.2, -0.15) is 18.4 Å². The molecule has 136 valence electrons. The van der Waals surface area contributed by atoms with Gasteiger partial charge in [-0.05, 0) is 41.3 Å². The smallest absolute Gasteiger partial charge is 0.341 e. The van der Waals surface area contributed by atoms with Crippen molar-refractivity contribution >= 4 is 5.91 Å². The number of carbonyl (C=O) groups is 1. The Hall–Kier alpha value is -2.81. The predicted molar refractivity (Wildman–Crippen MR) is 92.1 cm³/mol. The Balaban J connectivity index is 1.96. The normalized spacial score (nSPS) is 12.3. The second-order valence-corrected chi connectivity index (χ2v) is 6.28. The van der Waals surface area contributed by atoms with Crippen LogP contribution in [0.5, 0.6) is 0 Å². The number of alkyl halides is 3. The van der Waals surface area contributed by atoms with Crippen molar-refractivity contribution in [3.8, 4) is 6.07 Å². The summed E-state index contributed by atoms with van der Waals surface area (Å²) in [5.74, 6) is -0.282. The van der Waals surface area contributed by atoms with Crippen LogP contribution in [0.3, 0.4) is 0 Å². The Morgan fingerprint density at radius 3 is 2.19 bits per heavy atom. The van der Waals surface area contributed by atoms with Gasteiger partial charge in [0.25, 0.3) is 0 Å². The molecule has 0 saturated heterocycles. The van der Waals surface area contributed by atoms with Gasteiger partial charge in [0.05, 0.1) is 17.2 Å². The first-order valence-electron chi connectivity index (χ1n) is 8.11. The van der Waals surface area contributed by atoms with E-state index in [1.165, 1.54) is 12.1 Å². The van der Waals surface area contributed by atoms with E-state index in [1.807, 2.05) is 13.0 Å². The summed E-state index contributed by atoms with van der Waals surface area (Å²) >= 11 is 0. The van der Waals surface area contributed by atoms with Gasteiger partial charge < -0.3 is 4.90 Å². The number of amides is 1. The molecule has 0 heterocycles. The van der Waals surface area contributed by atoms with Crippen molar-refractivity contribution in [2.45, 2.75) is 32.0 Å². The first-order valence-corrected chi connectivity index (χ1v) is 8.11. The van der Waals surface area contributed by atoms with Gasteiger partial charge in [0.15, 0.2) is 0 Å². The quantitative estimate of drug-likeness (QED) is 0.774. The maximum Gasteiger partial charge on any atom is 0.416 e. The van der Waals surface area contributed by atoms with E-state index in [2.05, 4.69) is 0 Å². The van der Waals surface area contributed by atoms with Crippen LogP contribution in [0.2, 0.25) is 0 Å². The lowest BCUT2D eigenvalue weighted by Crippen LogP contribution is -2.27. The molecule has 0 bridgehead atoms. The molecule has 0 saturated carbocycles. The molecule has 0 aromatic heterocycles. The van der Waals surface area contributed by atoms with Gasteiger partial charge >= 0.3 is 6.18 Å². The summed E-state index contributed by atoms with van der Waals surface area (Å²) in [5.41, 5.74) is 1.46. The van der Waals surface area contributed by atoms with Crippen LogP contribution < -0.4 is 0 Å². The summed E-state index contributed by atoms with van der Waals surface area (Å²) in [6.07, 6.45) is -4.16. The third kappa shape index (κ3) is 5.09. The molecule has 2 aromatic rings. The van der Waals surface area contributed by atoms with Gasteiger partial charge in [0, 0.05) is 20.0 Å². The highest BCUT2D eigenvalue weighted by molar-refractivity contribution is 5.76. The molecule has 0 radical (unpaired) electrons. The summed E-state index contributed by atoms with van der Waals surface area (Å²) in [7, 11) is 1.68. The Kier molecular flexibility index (Phi) is 6.04. The van der Waals surface area contributed by atoms with Crippen molar-refractivity contribution < 1.29 is 18.0 Å². The zero-order valence-electron chi connectivity index (χ0n) is 14.5. The fourth-order valence-corrected chi connectivity index (χ4v) is 2.58. The van der Waals surface area contributed by atoms with E-state index in [9.17, 15) is 18.0 Å². The first kappa shape index (κ1) is 19.5. The van der Waals surface area contributed by atoms with Crippen LogP contribution in [0, 0.1) is 11.3 Å². The van der Waals surface area contributed by atoms with E-state index in [0.717, 1.165) is 17.7 Å². The van der Waals surface area contributed by atoms with E-state index in [0.29, 0.717) is 17.7 Å². The Labute approximate surface area is 150 Å². The molecule has 0 aliphatic carbocycles. The van der Waals surface area contributed by atoms with Crippen molar-refractivity contribution in [2.24, 2.45) is 0 Å². The highest BCUT2D eigenvalue weighted by Crippen LogP contribution is 2.30. The highest BCUT2D eigenvalue weighted by Gasteiger charge is 2.30. The van der Waals surface area contributed by atoms with Crippen molar-refractivity contribution in [2.75, 3.05) is 7.05 Å². The molecule has 2 rings (SSSR count). The van der Waals surface area contributed by atoms with E-state index in [-0.39, 0.29) is 18.2 Å². The molecule has 1 atom stereocenters. The standard InChI is InChI=1S/C20H19F3N2O/c1-14(17-7-9-18(10-8-17)20(21,22)23)11-19(26)25(2)13-16-5-3-15(12-24)4-6-16/h3-10,14H,11,13H2,1-2H3. The Morgan fingerprint density at radius 2 is 1.69 bits per heavy atom. The number of hydrogen-bond acceptors (Lipinski definition) is 2. The zero-order chi connectivity index (χ0) is 19.3. The first-order chi connectivity index (χ1) is 12.2. The minimum absolute atomic E-state index is 0.0956. The van der Waals surface area contributed by atoms with Crippen LogP contribution in [-0.4, -0.2) is 17.9 Å². The van der Waals surface area contributed by atoms with Gasteiger partial charge in [0.2, 0.25) is 5.91 Å². The Morgan fingerprint density at radius 1 is 1.12 bits per heavy atom. The SMILES string of the molecule is CC(CC(=O)N(C)Cc1ccc(C#N)cc1)c1ccc(C(F)(F)F)cc1. The summed E-state index contributed by atoms with van der Waals surface area (Å²) < 4.78 is 37.8. The third-order valence-corrected chi connectivity index (χ3v) is 4.22. The third-order valence-electron chi connectivity index (χ3n) is 4.22. The largest absolute Gasteiger partial charge is 0.416 e. The number of benzene rings is 2. The second kappa shape index (κ2) is 8.05. The number of nitriles is 1. The summed E-state index contributed by atoms with van der Waals surface area (Å²) in [6.45, 7) is 2.22. The molecule has 6 heteroatoms. The average Bonchev–Trinajstić information content (AvgIpc) is 2.61. The molecule has 1 unspecified atom stereocenters. The molecule has 26 heavy (non-hydrogen) atoms. The average molecular weight is 360 g/mol. The van der Waals surface area contributed by atoms with Gasteiger partial charge in [0.1, 0.15) is 0 Å². The number of halogens is 3. The van der Waals surface area contributed by atoms with Gasteiger partial charge in [-0.1, -0.05) is 31.2 Å². The van der Waals surface area contributed by atoms with Crippen molar-refractivity contribution in [1.82, 2.24) is 4.90 Å². The number of hydrogen-bond donors (Lipinski definition) is 0. The number of nitrogens with zero attached hydrogens (tertiary/aromatic N) is 2. The van der Waals surface area contributed by atoms with E-state index < -0.39 is 11.7 Å². The van der Waals surface area contributed by atoms with Crippen LogP contribution in [0.4, 0.5) is 13.2 Å². The fraction of sp³-hybridized carbons (Fsp3) is 0.300. The van der Waals surface area contributed by atoms with Crippen molar-refractivity contribution in [1.29, 1.82) is 5.26 Å². The van der Waals surface area contributed by atoms with Crippen molar-refractivity contribution in [3.05, 3.63) is 70.8 Å². The van der Waals surface area contributed by atoms with E-state index in [4.69, 9.17) is 5.26 Å². The second-order valence-electron chi connectivity index (χ2n) is 6.28. The zero-order valence-corrected chi connectivity index (χ0v) is 14.5. The molecule has 0 N–H and O–H groups in total. The van der Waals surface area contributed by atoms with Crippen LogP contribution in [0.15, 0.2) is 48.5 Å². The molecular formula is C20H19F3N2O. The molecule has 0 aliphatic heterocycles. The summed E-state index contributed by atoms with van der Waals surface area (Å²) in [4.78, 5) is 13.9.